The minimum atomic E-state index is -0.611. The fraction of sp³-hybridized carbons (Fsp3) is 0.250. The number of ether oxygens (including phenoxy) is 1. The Kier molecular flexibility index (Phi) is 4.30. The lowest BCUT2D eigenvalue weighted by molar-refractivity contribution is -0.126. The maximum absolute atomic E-state index is 12.8. The van der Waals surface area contributed by atoms with Crippen molar-refractivity contribution in [3.8, 4) is 11.5 Å². The summed E-state index contributed by atoms with van der Waals surface area (Å²) in [6, 6.07) is 11.0. The van der Waals surface area contributed by atoms with E-state index in [9.17, 15) is 9.90 Å². The van der Waals surface area contributed by atoms with Crippen molar-refractivity contribution in [2.24, 2.45) is 0 Å². The summed E-state index contributed by atoms with van der Waals surface area (Å²) in [5.74, 6) is 0.547. The van der Waals surface area contributed by atoms with Crippen LogP contribution in [0.2, 0.25) is 0 Å². The summed E-state index contributed by atoms with van der Waals surface area (Å²) in [4.78, 5) is 14.5. The van der Waals surface area contributed by atoms with Crippen LogP contribution in [0.25, 0.3) is 0 Å². The van der Waals surface area contributed by atoms with E-state index in [1.807, 2.05) is 26.0 Å². The maximum Gasteiger partial charge on any atom is 0.268 e. The van der Waals surface area contributed by atoms with Gasteiger partial charge in [-0.15, -0.1) is 6.58 Å². The van der Waals surface area contributed by atoms with Crippen LogP contribution in [-0.2, 0) is 11.2 Å². The van der Waals surface area contributed by atoms with E-state index in [1.165, 1.54) is 5.56 Å². The molecule has 124 valence electrons. The van der Waals surface area contributed by atoms with Gasteiger partial charge in [0.2, 0.25) is 0 Å². The van der Waals surface area contributed by atoms with Crippen molar-refractivity contribution < 1.29 is 14.6 Å². The molecule has 1 aliphatic rings. The second-order valence-electron chi connectivity index (χ2n) is 6.13. The number of hydrogen-bond acceptors (Lipinski definition) is 3. The van der Waals surface area contributed by atoms with Gasteiger partial charge in [0.05, 0.1) is 5.69 Å². The first-order chi connectivity index (χ1) is 11.5. The number of benzene rings is 2. The quantitative estimate of drug-likeness (QED) is 0.876. The Morgan fingerprint density at radius 3 is 2.75 bits per heavy atom. The van der Waals surface area contributed by atoms with Crippen LogP contribution >= 0.6 is 0 Å². The predicted octanol–water partition coefficient (Wildman–Crippen LogP) is 3.53. The summed E-state index contributed by atoms with van der Waals surface area (Å²) in [5.41, 5.74) is 4.08. The van der Waals surface area contributed by atoms with Crippen LogP contribution in [0.5, 0.6) is 11.5 Å². The van der Waals surface area contributed by atoms with Gasteiger partial charge in [0.1, 0.15) is 11.5 Å². The van der Waals surface area contributed by atoms with Crippen LogP contribution in [0.4, 0.5) is 5.69 Å². The van der Waals surface area contributed by atoms with E-state index in [0.29, 0.717) is 24.4 Å². The Labute approximate surface area is 142 Å². The Morgan fingerprint density at radius 1 is 1.25 bits per heavy atom. The third kappa shape index (κ3) is 3.00. The maximum atomic E-state index is 12.8. The summed E-state index contributed by atoms with van der Waals surface area (Å²) in [6.45, 7) is 8.22. The van der Waals surface area contributed by atoms with E-state index in [-0.39, 0.29) is 11.7 Å². The highest BCUT2D eigenvalue weighted by Gasteiger charge is 2.34. The number of amides is 1. The van der Waals surface area contributed by atoms with Crippen molar-refractivity contribution >= 4 is 11.6 Å². The lowest BCUT2D eigenvalue weighted by Crippen LogP contribution is -2.47. The van der Waals surface area contributed by atoms with Gasteiger partial charge in [-0.2, -0.15) is 0 Å². The van der Waals surface area contributed by atoms with Gasteiger partial charge in [0.15, 0.2) is 6.10 Å². The number of phenolic OH excluding ortho intramolecular Hbond substituents is 1. The normalized spacial score (nSPS) is 16.5. The van der Waals surface area contributed by atoms with Gasteiger partial charge in [-0.05, 0) is 37.1 Å². The zero-order valence-corrected chi connectivity index (χ0v) is 14.0. The minimum absolute atomic E-state index is 0.0898. The van der Waals surface area contributed by atoms with Crippen LogP contribution in [-0.4, -0.2) is 23.7 Å². The smallest absolute Gasteiger partial charge is 0.268 e. The summed E-state index contributed by atoms with van der Waals surface area (Å²) in [7, 11) is 0. The highest BCUT2D eigenvalue weighted by molar-refractivity contribution is 6.00. The van der Waals surface area contributed by atoms with E-state index in [0.717, 1.165) is 11.1 Å². The van der Waals surface area contributed by atoms with Crippen molar-refractivity contribution in [3.05, 3.63) is 65.7 Å². The Bertz CT molecular complexity index is 797. The van der Waals surface area contributed by atoms with E-state index >= 15 is 0 Å². The molecule has 2 aromatic rings. The van der Waals surface area contributed by atoms with Crippen LogP contribution < -0.4 is 9.64 Å². The zero-order valence-electron chi connectivity index (χ0n) is 14.0. The number of phenols is 1. The highest BCUT2D eigenvalue weighted by atomic mass is 16.5. The van der Waals surface area contributed by atoms with Gasteiger partial charge in [-0.1, -0.05) is 29.8 Å². The molecule has 0 saturated carbocycles. The average molecular weight is 323 g/mol. The third-order valence-electron chi connectivity index (χ3n) is 4.26. The first kappa shape index (κ1) is 16.1. The first-order valence-electron chi connectivity index (χ1n) is 7.97. The van der Waals surface area contributed by atoms with Crippen LogP contribution in [0.1, 0.15) is 16.7 Å². The summed E-state index contributed by atoms with van der Waals surface area (Å²) < 4.78 is 5.91. The lowest BCUT2D eigenvalue weighted by Gasteiger charge is -2.34. The molecule has 3 rings (SSSR count). The molecule has 1 heterocycles. The topological polar surface area (TPSA) is 49.8 Å². The molecule has 2 aromatic carbocycles. The molecular formula is C20H21NO3. The molecule has 0 aliphatic carbocycles. The number of rotatable bonds is 4. The first-order valence-corrected chi connectivity index (χ1v) is 7.97. The fourth-order valence-electron chi connectivity index (χ4n) is 3.04. The lowest BCUT2D eigenvalue weighted by atomic mass is 9.99. The molecule has 1 amide bonds. The molecule has 4 heteroatoms. The summed E-state index contributed by atoms with van der Waals surface area (Å²) in [5, 5.41) is 9.72. The zero-order chi connectivity index (χ0) is 17.3. The molecule has 1 atom stereocenters. The van der Waals surface area contributed by atoms with Crippen LogP contribution in [0, 0.1) is 13.8 Å². The van der Waals surface area contributed by atoms with E-state index in [1.54, 1.807) is 29.2 Å². The highest BCUT2D eigenvalue weighted by Crippen LogP contribution is 2.37. The molecular weight excluding hydrogens is 302 g/mol. The number of aromatic hydroxyl groups is 1. The fourth-order valence-corrected chi connectivity index (χ4v) is 3.04. The standard InChI is InChI=1S/C20H21NO3/c1-4-9-21-17-8-7-16(22)12-18(17)24-19(20(21)23)11-15-6-5-13(2)10-14(15)3/h4-8,10,12,19,22H,1,9,11H2,2-3H3. The molecule has 0 radical (unpaired) electrons. The third-order valence-corrected chi connectivity index (χ3v) is 4.26. The van der Waals surface area contributed by atoms with Crippen LogP contribution in [0.15, 0.2) is 49.1 Å². The van der Waals surface area contributed by atoms with Crippen molar-refractivity contribution in [1.82, 2.24) is 0 Å². The molecule has 4 nitrogen and oxygen atoms in total. The predicted molar refractivity (Wildman–Crippen MR) is 94.7 cm³/mol. The number of fused-ring (bicyclic) bond motifs is 1. The van der Waals surface area contributed by atoms with Gasteiger partial charge in [-0.3, -0.25) is 4.79 Å². The Morgan fingerprint density at radius 2 is 2.04 bits per heavy atom. The number of anilines is 1. The molecule has 1 unspecified atom stereocenters. The molecule has 0 fully saturated rings. The van der Waals surface area contributed by atoms with Gasteiger partial charge < -0.3 is 14.7 Å². The number of aryl methyl sites for hydroxylation is 2. The van der Waals surface area contributed by atoms with Crippen molar-refractivity contribution in [2.45, 2.75) is 26.4 Å². The van der Waals surface area contributed by atoms with Gasteiger partial charge in [0, 0.05) is 19.0 Å². The molecule has 1 aliphatic heterocycles. The second kappa shape index (κ2) is 6.40. The second-order valence-corrected chi connectivity index (χ2v) is 6.13. The molecule has 0 aromatic heterocycles. The monoisotopic (exact) mass is 323 g/mol. The molecule has 24 heavy (non-hydrogen) atoms. The van der Waals surface area contributed by atoms with E-state index < -0.39 is 6.10 Å². The number of hydrogen-bond donors (Lipinski definition) is 1. The molecule has 1 N–H and O–H groups in total. The SMILES string of the molecule is C=CCN1C(=O)C(Cc2ccc(C)cc2C)Oc2cc(O)ccc21. The number of nitrogens with zero attached hydrogens (tertiary/aromatic N) is 1. The number of carbonyl (C=O) groups is 1. The summed E-state index contributed by atoms with van der Waals surface area (Å²) in [6.07, 6.45) is 1.57. The molecule has 0 bridgehead atoms. The van der Waals surface area contributed by atoms with Crippen molar-refractivity contribution in [1.29, 1.82) is 0 Å². The Hall–Kier alpha value is -2.75. The molecule has 0 saturated heterocycles. The summed E-state index contributed by atoms with van der Waals surface area (Å²) >= 11 is 0. The van der Waals surface area contributed by atoms with Crippen molar-refractivity contribution in [2.75, 3.05) is 11.4 Å². The van der Waals surface area contributed by atoms with Gasteiger partial charge in [0.25, 0.3) is 5.91 Å². The van der Waals surface area contributed by atoms with E-state index in [4.69, 9.17) is 4.74 Å². The minimum Gasteiger partial charge on any atom is -0.508 e. The Balaban J connectivity index is 1.94. The van der Waals surface area contributed by atoms with E-state index in [2.05, 4.69) is 12.6 Å². The average Bonchev–Trinajstić information content (AvgIpc) is 2.53. The number of carbonyl (C=O) groups excluding carboxylic acids is 1. The molecule has 0 spiro atoms. The van der Waals surface area contributed by atoms with Crippen molar-refractivity contribution in [3.63, 3.8) is 0 Å². The van der Waals surface area contributed by atoms with Gasteiger partial charge in [-0.25, -0.2) is 0 Å². The van der Waals surface area contributed by atoms with Crippen LogP contribution in [0.3, 0.4) is 0 Å². The largest absolute Gasteiger partial charge is 0.508 e. The van der Waals surface area contributed by atoms with Gasteiger partial charge >= 0.3 is 0 Å².